The van der Waals surface area contributed by atoms with Gasteiger partial charge in [0, 0.05) is 48.8 Å². The van der Waals surface area contributed by atoms with Gasteiger partial charge in [-0.3, -0.25) is 4.79 Å². The molecule has 3 aliphatic rings. The summed E-state index contributed by atoms with van der Waals surface area (Å²) >= 11 is 0. The normalized spacial score (nSPS) is 22.6. The Balaban J connectivity index is 1.32. The van der Waals surface area contributed by atoms with Crippen LogP contribution in [0.2, 0.25) is 0 Å². The second-order valence-corrected chi connectivity index (χ2v) is 17.5. The summed E-state index contributed by atoms with van der Waals surface area (Å²) < 4.78 is 35.8. The Morgan fingerprint density at radius 1 is 0.892 bits per heavy atom. The summed E-state index contributed by atoms with van der Waals surface area (Å²) in [7, 11) is 0. The number of aliphatic hydroxyl groups excluding tert-OH is 2. The number of carbonyl (C=O) groups is 1. The molecule has 9 nitrogen and oxygen atoms in total. The number of carbonyl (C=O) groups excluding carboxylic acids is 1. The lowest BCUT2D eigenvalue weighted by molar-refractivity contribution is -0.254. The van der Waals surface area contributed by atoms with Gasteiger partial charge in [-0.15, -0.1) is 6.58 Å². The van der Waals surface area contributed by atoms with E-state index >= 15 is 4.79 Å². The Morgan fingerprint density at radius 3 is 2.42 bits per heavy atom. The van der Waals surface area contributed by atoms with Gasteiger partial charge in [-0.05, 0) is 102 Å². The maximum atomic E-state index is 15.3. The monoisotopic (exact) mass is 880 g/mol. The number of ether oxygens (including phenoxy) is 3. The highest BCUT2D eigenvalue weighted by molar-refractivity contribution is 6.04. The van der Waals surface area contributed by atoms with Gasteiger partial charge in [-0.2, -0.15) is 0 Å². The molecule has 6 unspecified atom stereocenters. The van der Waals surface area contributed by atoms with Crippen molar-refractivity contribution in [1.29, 1.82) is 0 Å². The number of hydrogen-bond acceptors (Lipinski definition) is 8. The first-order chi connectivity index (χ1) is 31.9. The molecular formula is C55H61FN2O7. The first-order valence-electron chi connectivity index (χ1n) is 23.3. The predicted molar refractivity (Wildman–Crippen MR) is 252 cm³/mol. The van der Waals surface area contributed by atoms with Crippen molar-refractivity contribution < 1.29 is 38.4 Å². The summed E-state index contributed by atoms with van der Waals surface area (Å²) in [6.07, 6.45) is 9.57. The van der Waals surface area contributed by atoms with Crippen molar-refractivity contribution in [3.05, 3.63) is 168 Å². The molecule has 0 aromatic heterocycles. The molecule has 0 bridgehead atoms. The van der Waals surface area contributed by atoms with E-state index in [0.717, 1.165) is 58.9 Å². The number of unbranched alkanes of at least 4 members (excludes halogenated alkanes) is 2. The zero-order valence-electron chi connectivity index (χ0n) is 37.3. The molecule has 1 heterocycles. The van der Waals surface area contributed by atoms with Gasteiger partial charge in [0.1, 0.15) is 36.6 Å². The van der Waals surface area contributed by atoms with Crippen LogP contribution in [0.3, 0.4) is 0 Å². The summed E-state index contributed by atoms with van der Waals surface area (Å²) in [5.74, 6) is -1.30. The summed E-state index contributed by atoms with van der Waals surface area (Å²) in [5.41, 5.74) is 4.60. The van der Waals surface area contributed by atoms with E-state index < -0.39 is 17.7 Å². The van der Waals surface area contributed by atoms with Gasteiger partial charge in [-0.25, -0.2) is 4.39 Å². The molecule has 65 heavy (non-hydrogen) atoms. The third-order valence-corrected chi connectivity index (χ3v) is 13.3. The van der Waals surface area contributed by atoms with Crippen LogP contribution in [0.4, 0.5) is 4.39 Å². The van der Waals surface area contributed by atoms with E-state index in [1.807, 2.05) is 95.9 Å². The fourth-order valence-corrected chi connectivity index (χ4v) is 10.4. The molecular weight excluding hydrogens is 820 g/mol. The second kappa shape index (κ2) is 21.5. The van der Waals surface area contributed by atoms with Crippen LogP contribution in [-0.2, 0) is 22.8 Å². The van der Waals surface area contributed by atoms with Crippen molar-refractivity contribution in [3.63, 3.8) is 0 Å². The average molecular weight is 881 g/mol. The molecule has 1 amide bonds. The second-order valence-electron chi connectivity index (χ2n) is 17.5. The van der Waals surface area contributed by atoms with E-state index in [2.05, 4.69) is 19.6 Å². The molecule has 5 aromatic rings. The van der Waals surface area contributed by atoms with Crippen molar-refractivity contribution in [2.24, 2.45) is 22.9 Å². The molecule has 1 aliphatic heterocycles. The number of nitrogens with zero attached hydrogens (tertiary/aromatic N) is 2. The van der Waals surface area contributed by atoms with Gasteiger partial charge in [0.25, 0.3) is 5.91 Å². The van der Waals surface area contributed by atoms with Crippen molar-refractivity contribution in [3.8, 4) is 11.5 Å². The van der Waals surface area contributed by atoms with E-state index in [-0.39, 0.29) is 68.9 Å². The van der Waals surface area contributed by atoms with Crippen LogP contribution in [0.25, 0.3) is 10.8 Å². The SMILES string of the molecule is C=CCOC12Oc3ccc(OCc4ccccc4F)cc3C3C(CCCCO)C(CCCCO)C=C(C(=NOCc4ccccc4)CC1N(CCC)C(=O)c1ccc4ccccc4c1)C32. The predicted octanol–water partition coefficient (Wildman–Crippen LogP) is 10.9. The van der Waals surface area contributed by atoms with E-state index in [4.69, 9.17) is 24.2 Å². The first-order valence-corrected chi connectivity index (χ1v) is 23.3. The highest BCUT2D eigenvalue weighted by Crippen LogP contribution is 2.62. The molecule has 8 rings (SSSR count). The molecule has 2 N–H and O–H groups in total. The molecule has 0 radical (unpaired) electrons. The average Bonchev–Trinajstić information content (AvgIpc) is 3.33. The number of oxime groups is 1. The van der Waals surface area contributed by atoms with Crippen LogP contribution in [0.5, 0.6) is 11.5 Å². The smallest absolute Gasteiger partial charge is 0.254 e. The lowest BCUT2D eigenvalue weighted by atomic mass is 9.55. The van der Waals surface area contributed by atoms with Crippen molar-refractivity contribution in [2.45, 2.75) is 89.3 Å². The number of aliphatic hydroxyl groups is 2. The first kappa shape index (κ1) is 45.7. The van der Waals surface area contributed by atoms with Crippen molar-refractivity contribution in [2.75, 3.05) is 26.4 Å². The molecule has 1 fully saturated rings. The van der Waals surface area contributed by atoms with Gasteiger partial charge in [-0.1, -0.05) is 116 Å². The number of amides is 1. The number of allylic oxidation sites excluding steroid dienone is 1. The van der Waals surface area contributed by atoms with Gasteiger partial charge >= 0.3 is 0 Å². The molecule has 6 atom stereocenters. The van der Waals surface area contributed by atoms with Gasteiger partial charge in [0.2, 0.25) is 5.79 Å². The maximum absolute atomic E-state index is 15.3. The number of hydrogen-bond donors (Lipinski definition) is 2. The summed E-state index contributed by atoms with van der Waals surface area (Å²) in [4.78, 5) is 23.5. The fourth-order valence-electron chi connectivity index (χ4n) is 10.4. The van der Waals surface area contributed by atoms with Crippen molar-refractivity contribution in [1.82, 2.24) is 4.90 Å². The van der Waals surface area contributed by atoms with E-state index in [1.165, 1.54) is 6.07 Å². The summed E-state index contributed by atoms with van der Waals surface area (Å²) in [6.45, 7) is 7.21. The topological polar surface area (TPSA) is 110 Å². The van der Waals surface area contributed by atoms with E-state index in [0.29, 0.717) is 48.4 Å². The van der Waals surface area contributed by atoms with Crippen LogP contribution in [-0.4, -0.2) is 64.9 Å². The van der Waals surface area contributed by atoms with Gasteiger partial charge in [0.15, 0.2) is 0 Å². The number of halogens is 1. The summed E-state index contributed by atoms with van der Waals surface area (Å²) in [5, 5.41) is 27.0. The van der Waals surface area contributed by atoms with Crippen LogP contribution >= 0.6 is 0 Å². The standard InChI is InChI=1S/C55H61FN2O7/c1-3-28-58(54(61)42-25-24-39-18-8-9-19-40(39)32-42)51-35-49(57-64-36-38-16-6-5-7-17-38)46-33-41(20-12-14-29-59)45(22-13-15-30-60)52-47-34-44(62-37-43-21-10-11-23-48(43)56)26-27-50(47)65-55(51,53(46)52)63-31-4-2/h4-11,16-19,21,23-27,32-34,41,45,51-53,59-60H,2-3,12-15,20,22,28-31,35-37H2,1H3. The van der Waals surface area contributed by atoms with Crippen LogP contribution in [0.15, 0.2) is 145 Å². The summed E-state index contributed by atoms with van der Waals surface area (Å²) in [6, 6.07) is 35.6. The third-order valence-electron chi connectivity index (χ3n) is 13.3. The zero-order valence-corrected chi connectivity index (χ0v) is 37.3. The Hall–Kier alpha value is -5.81. The molecule has 10 heteroatoms. The van der Waals surface area contributed by atoms with Crippen LogP contribution < -0.4 is 9.47 Å². The minimum atomic E-state index is -1.40. The Kier molecular flexibility index (Phi) is 15.1. The number of rotatable bonds is 21. The lowest BCUT2D eigenvalue weighted by Crippen LogP contribution is -2.70. The molecule has 5 aromatic carbocycles. The number of fused-ring (bicyclic) bond motifs is 3. The van der Waals surface area contributed by atoms with Crippen LogP contribution in [0, 0.1) is 23.6 Å². The minimum absolute atomic E-state index is 0.0335. The molecule has 2 aliphatic carbocycles. The lowest BCUT2D eigenvalue weighted by Gasteiger charge is -2.60. The number of benzene rings is 5. The van der Waals surface area contributed by atoms with E-state index in [9.17, 15) is 14.6 Å². The van der Waals surface area contributed by atoms with E-state index in [1.54, 1.807) is 24.3 Å². The zero-order chi connectivity index (χ0) is 45.2. The highest BCUT2D eigenvalue weighted by atomic mass is 19.1. The molecule has 0 spiro atoms. The molecule has 1 saturated carbocycles. The molecule has 0 saturated heterocycles. The van der Waals surface area contributed by atoms with Gasteiger partial charge < -0.3 is 34.2 Å². The van der Waals surface area contributed by atoms with Crippen LogP contribution in [0.1, 0.15) is 91.3 Å². The minimum Gasteiger partial charge on any atom is -0.489 e. The Morgan fingerprint density at radius 2 is 1.65 bits per heavy atom. The quantitative estimate of drug-likeness (QED) is 0.0429. The highest BCUT2D eigenvalue weighted by Gasteiger charge is 2.65. The Bertz CT molecular complexity index is 2470. The fraction of sp³-hybridized carbons (Fsp3) is 0.382. The largest absolute Gasteiger partial charge is 0.489 e. The maximum Gasteiger partial charge on any atom is 0.254 e. The third kappa shape index (κ3) is 9.91. The van der Waals surface area contributed by atoms with Gasteiger partial charge in [0.05, 0.1) is 18.2 Å². The molecule has 340 valence electrons. The Labute approximate surface area is 382 Å². The van der Waals surface area contributed by atoms with Crippen molar-refractivity contribution >= 4 is 22.4 Å².